The first-order chi connectivity index (χ1) is 8.17. The molecule has 0 rings (SSSR count). The fourth-order valence-corrected chi connectivity index (χ4v) is 1.68. The lowest BCUT2D eigenvalue weighted by molar-refractivity contribution is -0.148. The molecular formula is C14H26O3. The number of hydrogen-bond acceptors (Lipinski definition) is 3. The second kappa shape index (κ2) is 10.3. The molecule has 0 radical (unpaired) electrons. The van der Waals surface area contributed by atoms with Crippen LogP contribution in [0.2, 0.25) is 0 Å². The predicted octanol–water partition coefficient (Wildman–Crippen LogP) is 3.22. The molecule has 100 valence electrons. The molecule has 0 heterocycles. The second-order valence-corrected chi connectivity index (χ2v) is 4.30. The molecule has 0 aliphatic carbocycles. The summed E-state index contributed by atoms with van der Waals surface area (Å²) < 4.78 is 4.58. The molecule has 0 aromatic carbocycles. The molecule has 0 saturated heterocycles. The molecule has 0 amide bonds. The van der Waals surface area contributed by atoms with E-state index in [4.69, 9.17) is 0 Å². The van der Waals surface area contributed by atoms with Gasteiger partial charge in [-0.1, -0.05) is 45.6 Å². The van der Waals surface area contributed by atoms with E-state index in [2.05, 4.69) is 18.6 Å². The summed E-state index contributed by atoms with van der Waals surface area (Å²) >= 11 is 0. The quantitative estimate of drug-likeness (QED) is 0.383. The van der Waals surface area contributed by atoms with E-state index >= 15 is 0 Å². The van der Waals surface area contributed by atoms with E-state index in [1.54, 1.807) is 0 Å². The third kappa shape index (κ3) is 7.16. The minimum atomic E-state index is -1.08. The first-order valence-corrected chi connectivity index (χ1v) is 6.62. The third-order valence-corrected chi connectivity index (χ3v) is 2.81. The van der Waals surface area contributed by atoms with Crippen LogP contribution in [0.3, 0.4) is 0 Å². The van der Waals surface area contributed by atoms with Crippen molar-refractivity contribution < 1.29 is 14.6 Å². The second-order valence-electron chi connectivity index (χ2n) is 4.30. The Kier molecular flexibility index (Phi) is 9.83. The van der Waals surface area contributed by atoms with Gasteiger partial charge in [0.15, 0.2) is 6.10 Å². The summed E-state index contributed by atoms with van der Waals surface area (Å²) in [6.45, 7) is 4.26. The highest BCUT2D eigenvalue weighted by Crippen LogP contribution is 2.16. The van der Waals surface area contributed by atoms with Gasteiger partial charge in [-0.05, 0) is 24.8 Å². The van der Waals surface area contributed by atoms with Gasteiger partial charge in [-0.3, -0.25) is 0 Å². The van der Waals surface area contributed by atoms with E-state index in [1.165, 1.54) is 7.11 Å². The van der Waals surface area contributed by atoms with Crippen LogP contribution in [0.1, 0.15) is 58.8 Å². The van der Waals surface area contributed by atoms with Gasteiger partial charge >= 0.3 is 5.97 Å². The van der Waals surface area contributed by atoms with Gasteiger partial charge in [0.2, 0.25) is 0 Å². The topological polar surface area (TPSA) is 46.5 Å². The van der Waals surface area contributed by atoms with Gasteiger partial charge in [-0.2, -0.15) is 0 Å². The van der Waals surface area contributed by atoms with Crippen molar-refractivity contribution in [3.8, 4) is 0 Å². The molecule has 0 bridgehead atoms. The molecule has 0 aliphatic heterocycles. The maximum Gasteiger partial charge on any atom is 0.339 e. The number of esters is 1. The molecule has 0 fully saturated rings. The zero-order valence-corrected chi connectivity index (χ0v) is 11.4. The van der Waals surface area contributed by atoms with Crippen LogP contribution in [0, 0.1) is 0 Å². The van der Waals surface area contributed by atoms with E-state index in [1.807, 2.05) is 6.08 Å². The average Bonchev–Trinajstić information content (AvgIpc) is 2.35. The van der Waals surface area contributed by atoms with Crippen LogP contribution < -0.4 is 0 Å². The van der Waals surface area contributed by atoms with Gasteiger partial charge in [-0.15, -0.1) is 0 Å². The number of unbranched alkanes of at least 4 members (excludes halogenated alkanes) is 4. The summed E-state index contributed by atoms with van der Waals surface area (Å²) in [5, 5.41) is 9.83. The Hall–Kier alpha value is -0.830. The monoisotopic (exact) mass is 242 g/mol. The molecule has 1 N–H and O–H groups in total. The van der Waals surface area contributed by atoms with Gasteiger partial charge in [0.25, 0.3) is 0 Å². The molecule has 1 atom stereocenters. The fourth-order valence-electron chi connectivity index (χ4n) is 1.68. The number of carbonyl (C=O) groups is 1. The van der Waals surface area contributed by atoms with Gasteiger partial charge in [0, 0.05) is 0 Å². The molecular weight excluding hydrogens is 216 g/mol. The van der Waals surface area contributed by atoms with Gasteiger partial charge < -0.3 is 9.84 Å². The lowest BCUT2D eigenvalue weighted by Gasteiger charge is -2.13. The van der Waals surface area contributed by atoms with E-state index in [-0.39, 0.29) is 0 Å². The molecule has 3 heteroatoms. The fraction of sp³-hybridized carbons (Fsp3) is 0.786. The summed E-state index contributed by atoms with van der Waals surface area (Å²) in [4.78, 5) is 11.3. The van der Waals surface area contributed by atoms with E-state index in [0.717, 1.165) is 50.5 Å². The molecule has 1 unspecified atom stereocenters. The van der Waals surface area contributed by atoms with Crippen LogP contribution in [0.25, 0.3) is 0 Å². The van der Waals surface area contributed by atoms with Crippen LogP contribution in [0.4, 0.5) is 0 Å². The minimum absolute atomic E-state index is 0.552. The van der Waals surface area contributed by atoms with Crippen molar-refractivity contribution >= 4 is 5.97 Å². The Morgan fingerprint density at radius 1 is 1.24 bits per heavy atom. The van der Waals surface area contributed by atoms with Crippen LogP contribution in [0.5, 0.6) is 0 Å². The number of aliphatic hydroxyl groups excluding tert-OH is 1. The molecule has 0 saturated carbocycles. The Morgan fingerprint density at radius 2 is 1.88 bits per heavy atom. The Labute approximate surface area is 105 Å². The number of allylic oxidation sites excluding steroid dienone is 1. The van der Waals surface area contributed by atoms with Crippen molar-refractivity contribution in [2.24, 2.45) is 0 Å². The number of rotatable bonds is 9. The molecule has 3 nitrogen and oxygen atoms in total. The number of hydrogen-bond donors (Lipinski definition) is 1. The molecule has 17 heavy (non-hydrogen) atoms. The normalized spacial score (nSPS) is 13.5. The average molecular weight is 242 g/mol. The summed E-state index contributed by atoms with van der Waals surface area (Å²) in [6.07, 6.45) is 8.12. The Morgan fingerprint density at radius 3 is 2.41 bits per heavy atom. The molecule has 0 aromatic rings. The van der Waals surface area contributed by atoms with Crippen molar-refractivity contribution in [2.45, 2.75) is 64.9 Å². The SMILES string of the molecule is CCCCC=C(CCCCC)C(O)C(=O)OC. The lowest BCUT2D eigenvalue weighted by atomic mass is 10.0. The van der Waals surface area contributed by atoms with Crippen molar-refractivity contribution in [3.05, 3.63) is 11.6 Å². The first kappa shape index (κ1) is 16.2. The van der Waals surface area contributed by atoms with Gasteiger partial charge in [-0.25, -0.2) is 4.79 Å². The number of ether oxygens (including phenoxy) is 1. The smallest absolute Gasteiger partial charge is 0.339 e. The predicted molar refractivity (Wildman–Crippen MR) is 69.8 cm³/mol. The van der Waals surface area contributed by atoms with Crippen LogP contribution in [0.15, 0.2) is 11.6 Å². The number of methoxy groups -OCH3 is 1. The summed E-state index contributed by atoms with van der Waals surface area (Å²) in [7, 11) is 1.31. The van der Waals surface area contributed by atoms with Crippen LogP contribution >= 0.6 is 0 Å². The number of carbonyl (C=O) groups excluding carboxylic acids is 1. The van der Waals surface area contributed by atoms with Gasteiger partial charge in [0.05, 0.1) is 7.11 Å². The van der Waals surface area contributed by atoms with E-state index in [0.29, 0.717) is 0 Å². The van der Waals surface area contributed by atoms with Crippen LogP contribution in [-0.2, 0) is 9.53 Å². The maximum absolute atomic E-state index is 11.3. The Balaban J connectivity index is 4.37. The highest BCUT2D eigenvalue weighted by molar-refractivity contribution is 5.77. The van der Waals surface area contributed by atoms with Crippen molar-refractivity contribution in [1.82, 2.24) is 0 Å². The van der Waals surface area contributed by atoms with Gasteiger partial charge in [0.1, 0.15) is 0 Å². The zero-order valence-electron chi connectivity index (χ0n) is 11.4. The molecule has 0 spiro atoms. The van der Waals surface area contributed by atoms with Crippen LogP contribution in [-0.4, -0.2) is 24.3 Å². The zero-order chi connectivity index (χ0) is 13.1. The van der Waals surface area contributed by atoms with Crippen molar-refractivity contribution in [1.29, 1.82) is 0 Å². The first-order valence-electron chi connectivity index (χ1n) is 6.62. The molecule has 0 aliphatic rings. The largest absolute Gasteiger partial charge is 0.467 e. The van der Waals surface area contributed by atoms with E-state index < -0.39 is 12.1 Å². The lowest BCUT2D eigenvalue weighted by Crippen LogP contribution is -2.24. The maximum atomic E-state index is 11.3. The highest BCUT2D eigenvalue weighted by Gasteiger charge is 2.19. The summed E-state index contributed by atoms with van der Waals surface area (Å²) in [6, 6.07) is 0. The summed E-state index contributed by atoms with van der Waals surface area (Å²) in [5.41, 5.74) is 0.818. The summed E-state index contributed by atoms with van der Waals surface area (Å²) in [5.74, 6) is -0.552. The van der Waals surface area contributed by atoms with E-state index in [9.17, 15) is 9.90 Å². The van der Waals surface area contributed by atoms with Crippen molar-refractivity contribution in [3.63, 3.8) is 0 Å². The Bertz CT molecular complexity index is 234. The highest BCUT2D eigenvalue weighted by atomic mass is 16.5. The third-order valence-electron chi connectivity index (χ3n) is 2.81. The number of aliphatic hydroxyl groups is 1. The molecule has 0 aromatic heterocycles. The van der Waals surface area contributed by atoms with Crippen molar-refractivity contribution in [2.75, 3.05) is 7.11 Å². The minimum Gasteiger partial charge on any atom is -0.467 e. The standard InChI is InChI=1S/C14H26O3/c1-4-6-8-10-12(11-9-7-5-2)13(15)14(16)17-3/h10,13,15H,4-9,11H2,1-3H3.